The fraction of sp³-hybridized carbons (Fsp3) is 0.562. The molecule has 1 amide bonds. The third-order valence-electron chi connectivity index (χ3n) is 4.44. The fourth-order valence-corrected chi connectivity index (χ4v) is 3.39. The third kappa shape index (κ3) is 2.70. The van der Waals surface area contributed by atoms with Gasteiger partial charge in [0.25, 0.3) is 5.91 Å². The number of likely N-dealkylation sites (N-methyl/N-ethyl adjacent to an activating group) is 1. The zero-order valence-electron chi connectivity index (χ0n) is 12.9. The summed E-state index contributed by atoms with van der Waals surface area (Å²) in [5, 5.41) is 3.40. The molecule has 3 N–H and O–H groups in total. The molecule has 1 aromatic rings. The Morgan fingerprint density at radius 2 is 2.19 bits per heavy atom. The van der Waals surface area contributed by atoms with E-state index in [0.717, 1.165) is 49.3 Å². The second-order valence-electron chi connectivity index (χ2n) is 6.19. The summed E-state index contributed by atoms with van der Waals surface area (Å²) < 4.78 is 0. The number of piperidine rings is 1. The van der Waals surface area contributed by atoms with E-state index in [1.165, 1.54) is 5.69 Å². The van der Waals surface area contributed by atoms with E-state index in [2.05, 4.69) is 24.2 Å². The van der Waals surface area contributed by atoms with Crippen molar-refractivity contribution >= 4 is 17.3 Å². The normalized spacial score (nSPS) is 21.8. The Morgan fingerprint density at radius 1 is 1.38 bits per heavy atom. The van der Waals surface area contributed by atoms with Gasteiger partial charge in [0.1, 0.15) is 0 Å². The summed E-state index contributed by atoms with van der Waals surface area (Å²) in [6, 6.07) is 4.11. The van der Waals surface area contributed by atoms with Crippen LogP contribution in [-0.2, 0) is 0 Å². The van der Waals surface area contributed by atoms with Gasteiger partial charge >= 0.3 is 0 Å². The monoisotopic (exact) mass is 288 g/mol. The molecule has 114 valence electrons. The average molecular weight is 288 g/mol. The predicted octanol–water partition coefficient (Wildman–Crippen LogP) is 1.42. The van der Waals surface area contributed by atoms with Gasteiger partial charge in [-0.2, -0.15) is 0 Å². The minimum Gasteiger partial charge on any atom is -0.382 e. The summed E-state index contributed by atoms with van der Waals surface area (Å²) in [7, 11) is 2.10. The van der Waals surface area contributed by atoms with Gasteiger partial charge in [-0.3, -0.25) is 4.79 Å². The van der Waals surface area contributed by atoms with E-state index in [4.69, 9.17) is 5.73 Å². The largest absolute Gasteiger partial charge is 0.382 e. The number of carbonyl (C=O) groups is 1. The van der Waals surface area contributed by atoms with E-state index in [1.807, 2.05) is 17.0 Å². The van der Waals surface area contributed by atoms with Crippen molar-refractivity contribution < 1.29 is 4.79 Å². The Bertz CT molecular complexity index is 557. The molecule has 0 spiro atoms. The van der Waals surface area contributed by atoms with Crippen LogP contribution in [-0.4, -0.2) is 50.1 Å². The molecular formula is C16H24N4O. The zero-order valence-corrected chi connectivity index (χ0v) is 12.9. The summed E-state index contributed by atoms with van der Waals surface area (Å²) >= 11 is 0. The van der Waals surface area contributed by atoms with Crippen molar-refractivity contribution in [3.05, 3.63) is 23.3 Å². The van der Waals surface area contributed by atoms with E-state index in [0.29, 0.717) is 6.54 Å². The van der Waals surface area contributed by atoms with Gasteiger partial charge in [-0.1, -0.05) is 0 Å². The number of anilines is 2. The highest BCUT2D eigenvalue weighted by Gasteiger charge is 2.24. The minimum absolute atomic E-state index is 0.103. The molecule has 1 atom stereocenters. The van der Waals surface area contributed by atoms with Crippen LogP contribution in [0, 0.1) is 6.92 Å². The molecule has 0 bridgehead atoms. The van der Waals surface area contributed by atoms with Crippen molar-refractivity contribution in [1.29, 1.82) is 0 Å². The van der Waals surface area contributed by atoms with E-state index >= 15 is 0 Å². The maximum absolute atomic E-state index is 12.7. The molecule has 0 aromatic heterocycles. The van der Waals surface area contributed by atoms with Crippen molar-refractivity contribution in [1.82, 2.24) is 4.90 Å². The first-order chi connectivity index (χ1) is 10.1. The van der Waals surface area contributed by atoms with Gasteiger partial charge in [0, 0.05) is 44.8 Å². The van der Waals surface area contributed by atoms with Crippen molar-refractivity contribution in [2.24, 2.45) is 5.73 Å². The lowest BCUT2D eigenvalue weighted by Crippen LogP contribution is -2.45. The number of likely N-dealkylation sites (tertiary alicyclic amines) is 1. The summed E-state index contributed by atoms with van der Waals surface area (Å²) in [6.07, 6.45) is 2.01. The van der Waals surface area contributed by atoms with Crippen LogP contribution in [0.25, 0.3) is 0 Å². The highest BCUT2D eigenvalue weighted by Crippen LogP contribution is 2.33. The van der Waals surface area contributed by atoms with Crippen LogP contribution in [0.15, 0.2) is 12.1 Å². The quantitative estimate of drug-likeness (QED) is 0.820. The summed E-state index contributed by atoms with van der Waals surface area (Å²) in [5.74, 6) is 0.103. The van der Waals surface area contributed by atoms with E-state index < -0.39 is 0 Å². The number of hydrogen-bond acceptors (Lipinski definition) is 4. The number of rotatable bonds is 1. The number of carbonyl (C=O) groups excluding carboxylic acids is 1. The van der Waals surface area contributed by atoms with Crippen LogP contribution in [0.1, 0.15) is 28.8 Å². The number of nitrogens with two attached hydrogens (primary N) is 1. The third-order valence-corrected chi connectivity index (χ3v) is 4.44. The highest BCUT2D eigenvalue weighted by atomic mass is 16.2. The number of nitrogens with zero attached hydrogens (tertiary/aromatic N) is 2. The summed E-state index contributed by atoms with van der Waals surface area (Å²) in [4.78, 5) is 16.8. The predicted molar refractivity (Wildman–Crippen MR) is 86.1 cm³/mol. The molecule has 1 aromatic carbocycles. The standard InChI is InChI=1S/C16H24N4O/c1-11-8-12(9-14-15(11)19(2)7-5-18-14)16(21)20-6-3-4-13(17)10-20/h8-9,13,18H,3-7,10,17H2,1-2H3. The first-order valence-electron chi connectivity index (χ1n) is 7.71. The average Bonchev–Trinajstić information content (AvgIpc) is 2.46. The maximum Gasteiger partial charge on any atom is 0.253 e. The Morgan fingerprint density at radius 3 is 2.95 bits per heavy atom. The lowest BCUT2D eigenvalue weighted by Gasteiger charge is -2.33. The summed E-state index contributed by atoms with van der Waals surface area (Å²) in [6.45, 7) is 5.45. The Labute approximate surface area is 126 Å². The number of fused-ring (bicyclic) bond motifs is 1. The van der Waals surface area contributed by atoms with Gasteiger partial charge in [-0.05, 0) is 37.5 Å². The van der Waals surface area contributed by atoms with Gasteiger partial charge in [0.05, 0.1) is 11.4 Å². The SMILES string of the molecule is Cc1cc(C(=O)N2CCCC(N)C2)cc2c1N(C)CCN2. The molecule has 0 saturated carbocycles. The first-order valence-corrected chi connectivity index (χ1v) is 7.71. The minimum atomic E-state index is 0.103. The van der Waals surface area contributed by atoms with Crippen LogP contribution < -0.4 is 16.0 Å². The molecule has 2 heterocycles. The van der Waals surface area contributed by atoms with Crippen molar-refractivity contribution in [3.63, 3.8) is 0 Å². The second kappa shape index (κ2) is 5.56. The molecule has 0 radical (unpaired) electrons. The topological polar surface area (TPSA) is 61.6 Å². The molecular weight excluding hydrogens is 264 g/mol. The van der Waals surface area contributed by atoms with Crippen LogP contribution in [0.3, 0.4) is 0 Å². The second-order valence-corrected chi connectivity index (χ2v) is 6.19. The number of benzene rings is 1. The number of aryl methyl sites for hydroxylation is 1. The van der Waals surface area contributed by atoms with Crippen LogP contribution in [0.5, 0.6) is 0 Å². The smallest absolute Gasteiger partial charge is 0.253 e. The molecule has 3 rings (SSSR count). The van der Waals surface area contributed by atoms with Crippen LogP contribution >= 0.6 is 0 Å². The zero-order chi connectivity index (χ0) is 15.0. The highest BCUT2D eigenvalue weighted by molar-refractivity contribution is 5.97. The van der Waals surface area contributed by atoms with Gasteiger partial charge in [0.15, 0.2) is 0 Å². The molecule has 1 unspecified atom stereocenters. The van der Waals surface area contributed by atoms with Crippen molar-refractivity contribution in [2.45, 2.75) is 25.8 Å². The van der Waals surface area contributed by atoms with Gasteiger partial charge < -0.3 is 20.9 Å². The van der Waals surface area contributed by atoms with E-state index in [-0.39, 0.29) is 11.9 Å². The number of amides is 1. The molecule has 0 aliphatic carbocycles. The van der Waals surface area contributed by atoms with Crippen molar-refractivity contribution in [3.8, 4) is 0 Å². The van der Waals surface area contributed by atoms with Crippen LogP contribution in [0.4, 0.5) is 11.4 Å². The molecule has 1 saturated heterocycles. The lowest BCUT2D eigenvalue weighted by atomic mass is 10.0. The first kappa shape index (κ1) is 14.2. The van der Waals surface area contributed by atoms with E-state index in [1.54, 1.807) is 0 Å². The summed E-state index contributed by atoms with van der Waals surface area (Å²) in [5.41, 5.74) is 10.2. The molecule has 2 aliphatic rings. The van der Waals surface area contributed by atoms with Gasteiger partial charge in [-0.25, -0.2) is 0 Å². The maximum atomic E-state index is 12.7. The number of nitrogens with one attached hydrogen (secondary N) is 1. The molecule has 1 fully saturated rings. The Balaban J connectivity index is 1.89. The molecule has 5 heteroatoms. The van der Waals surface area contributed by atoms with Crippen molar-refractivity contribution in [2.75, 3.05) is 43.4 Å². The number of hydrogen-bond donors (Lipinski definition) is 2. The molecule has 21 heavy (non-hydrogen) atoms. The Hall–Kier alpha value is -1.75. The molecule has 2 aliphatic heterocycles. The Kier molecular flexibility index (Phi) is 3.76. The van der Waals surface area contributed by atoms with Gasteiger partial charge in [-0.15, -0.1) is 0 Å². The lowest BCUT2D eigenvalue weighted by molar-refractivity contribution is 0.0709. The van der Waals surface area contributed by atoms with Crippen LogP contribution in [0.2, 0.25) is 0 Å². The fourth-order valence-electron chi connectivity index (χ4n) is 3.39. The molecule has 5 nitrogen and oxygen atoms in total. The van der Waals surface area contributed by atoms with E-state index in [9.17, 15) is 4.79 Å². The van der Waals surface area contributed by atoms with Gasteiger partial charge in [0.2, 0.25) is 0 Å².